The molecular formula is C24H23NO3. The maximum absolute atomic E-state index is 12.5. The molecule has 3 aromatic rings. The van der Waals surface area contributed by atoms with Gasteiger partial charge in [0.15, 0.2) is 11.5 Å². The summed E-state index contributed by atoms with van der Waals surface area (Å²) in [5.74, 6) is 1.02. The van der Waals surface area contributed by atoms with E-state index in [4.69, 9.17) is 9.47 Å². The van der Waals surface area contributed by atoms with Crippen LogP contribution in [0.4, 0.5) is 5.69 Å². The van der Waals surface area contributed by atoms with Crippen LogP contribution in [0.2, 0.25) is 0 Å². The van der Waals surface area contributed by atoms with E-state index in [1.807, 2.05) is 60.7 Å². The minimum atomic E-state index is -0.203. The zero-order valence-electron chi connectivity index (χ0n) is 16.0. The highest BCUT2D eigenvalue weighted by Gasteiger charge is 2.08. The predicted octanol–water partition coefficient (Wildman–Crippen LogP) is 4.95. The molecule has 0 aliphatic carbocycles. The van der Waals surface area contributed by atoms with E-state index in [9.17, 15) is 4.79 Å². The fraction of sp³-hybridized carbons (Fsp3) is 0.125. The third-order valence-corrected chi connectivity index (χ3v) is 4.36. The normalized spacial score (nSPS) is 10.6. The van der Waals surface area contributed by atoms with Crippen LogP contribution < -0.4 is 14.8 Å². The molecule has 0 bridgehead atoms. The van der Waals surface area contributed by atoms with Crippen molar-refractivity contribution in [3.63, 3.8) is 0 Å². The lowest BCUT2D eigenvalue weighted by Crippen LogP contribution is -2.10. The van der Waals surface area contributed by atoms with Crippen molar-refractivity contribution >= 4 is 17.7 Å². The highest BCUT2D eigenvalue weighted by molar-refractivity contribution is 6.02. The Balaban J connectivity index is 1.75. The van der Waals surface area contributed by atoms with Crippen LogP contribution in [-0.2, 0) is 11.2 Å². The summed E-state index contributed by atoms with van der Waals surface area (Å²) < 4.78 is 10.7. The summed E-state index contributed by atoms with van der Waals surface area (Å²) in [6.07, 6.45) is 3.97. The van der Waals surface area contributed by atoms with E-state index in [1.165, 1.54) is 11.6 Å². The number of ether oxygens (including phenoxy) is 2. The molecule has 0 spiro atoms. The molecule has 0 radical (unpaired) electrons. The van der Waals surface area contributed by atoms with Crippen molar-refractivity contribution in [1.82, 2.24) is 0 Å². The second-order valence-corrected chi connectivity index (χ2v) is 6.22. The molecule has 1 amide bonds. The van der Waals surface area contributed by atoms with Crippen molar-refractivity contribution in [2.45, 2.75) is 6.42 Å². The van der Waals surface area contributed by atoms with Crippen LogP contribution in [0, 0.1) is 0 Å². The predicted molar refractivity (Wildman–Crippen MR) is 113 cm³/mol. The Hall–Kier alpha value is -3.53. The molecule has 4 heteroatoms. The Morgan fingerprint density at radius 2 is 1.64 bits per heavy atom. The molecule has 0 fully saturated rings. The Labute approximate surface area is 165 Å². The molecule has 0 aliphatic rings. The molecule has 0 atom stereocenters. The number of amides is 1. The number of carbonyl (C=O) groups excluding carboxylic acids is 1. The third kappa shape index (κ3) is 4.80. The number of hydrogen-bond donors (Lipinski definition) is 1. The highest BCUT2D eigenvalue weighted by Crippen LogP contribution is 2.31. The van der Waals surface area contributed by atoms with Gasteiger partial charge in [-0.1, -0.05) is 60.7 Å². The molecule has 4 nitrogen and oxygen atoms in total. The van der Waals surface area contributed by atoms with E-state index in [1.54, 1.807) is 20.3 Å². The van der Waals surface area contributed by atoms with E-state index in [0.717, 1.165) is 23.2 Å². The topological polar surface area (TPSA) is 47.6 Å². The molecular weight excluding hydrogens is 350 g/mol. The van der Waals surface area contributed by atoms with Gasteiger partial charge in [-0.15, -0.1) is 0 Å². The number of methoxy groups -OCH3 is 2. The van der Waals surface area contributed by atoms with Gasteiger partial charge < -0.3 is 14.8 Å². The first-order chi connectivity index (χ1) is 13.7. The van der Waals surface area contributed by atoms with E-state index < -0.39 is 0 Å². The fourth-order valence-electron chi connectivity index (χ4n) is 3.00. The zero-order chi connectivity index (χ0) is 19.8. The SMILES string of the molecule is COc1cccc(/C=C/C(=O)Nc2ccccc2Cc2ccccc2)c1OC. The van der Waals surface area contributed by atoms with Crippen molar-refractivity contribution in [1.29, 1.82) is 0 Å². The molecule has 3 aromatic carbocycles. The molecule has 0 aromatic heterocycles. The van der Waals surface area contributed by atoms with Crippen LogP contribution in [0.1, 0.15) is 16.7 Å². The summed E-state index contributed by atoms with van der Waals surface area (Å²) in [6, 6.07) is 23.5. The Morgan fingerprint density at radius 1 is 0.893 bits per heavy atom. The van der Waals surface area contributed by atoms with Gasteiger partial charge in [-0.05, 0) is 35.8 Å². The van der Waals surface area contributed by atoms with Crippen LogP contribution in [0.15, 0.2) is 78.9 Å². The lowest BCUT2D eigenvalue weighted by Gasteiger charge is -2.11. The minimum absolute atomic E-state index is 0.203. The van der Waals surface area contributed by atoms with E-state index in [2.05, 4.69) is 17.4 Å². The first-order valence-corrected chi connectivity index (χ1v) is 9.03. The van der Waals surface area contributed by atoms with Gasteiger partial charge in [-0.2, -0.15) is 0 Å². The quantitative estimate of drug-likeness (QED) is 0.596. The fourth-order valence-corrected chi connectivity index (χ4v) is 3.00. The second-order valence-electron chi connectivity index (χ2n) is 6.22. The molecule has 1 N–H and O–H groups in total. The first-order valence-electron chi connectivity index (χ1n) is 9.03. The lowest BCUT2D eigenvalue weighted by molar-refractivity contribution is -0.111. The van der Waals surface area contributed by atoms with Gasteiger partial charge >= 0.3 is 0 Å². The van der Waals surface area contributed by atoms with Gasteiger partial charge in [0, 0.05) is 17.3 Å². The van der Waals surface area contributed by atoms with Crippen molar-refractivity contribution in [2.75, 3.05) is 19.5 Å². The maximum Gasteiger partial charge on any atom is 0.248 e. The number of nitrogens with one attached hydrogen (secondary N) is 1. The van der Waals surface area contributed by atoms with Crippen LogP contribution in [-0.4, -0.2) is 20.1 Å². The van der Waals surface area contributed by atoms with E-state index in [0.29, 0.717) is 11.5 Å². The standard InChI is InChI=1S/C24H23NO3/c1-27-22-14-8-12-19(24(22)28-2)15-16-23(26)25-21-13-7-6-11-20(21)17-18-9-4-3-5-10-18/h3-16H,17H2,1-2H3,(H,25,26)/b16-15+. The first kappa shape index (κ1) is 19.2. The van der Waals surface area contributed by atoms with Crippen LogP contribution in [0.25, 0.3) is 6.08 Å². The molecule has 3 rings (SSSR count). The molecule has 28 heavy (non-hydrogen) atoms. The minimum Gasteiger partial charge on any atom is -0.493 e. The molecule has 142 valence electrons. The summed E-state index contributed by atoms with van der Waals surface area (Å²) in [6.45, 7) is 0. The average Bonchev–Trinajstić information content (AvgIpc) is 2.74. The summed E-state index contributed by atoms with van der Waals surface area (Å²) >= 11 is 0. The largest absolute Gasteiger partial charge is 0.493 e. The Morgan fingerprint density at radius 3 is 2.39 bits per heavy atom. The second kappa shape index (κ2) is 9.42. The number of hydrogen-bond acceptors (Lipinski definition) is 3. The van der Waals surface area contributed by atoms with Gasteiger partial charge in [0.2, 0.25) is 5.91 Å². The number of benzene rings is 3. The smallest absolute Gasteiger partial charge is 0.248 e. The summed E-state index contributed by atoms with van der Waals surface area (Å²) in [5, 5.41) is 2.97. The summed E-state index contributed by atoms with van der Waals surface area (Å²) in [5.41, 5.74) is 3.84. The number of para-hydroxylation sites is 2. The van der Waals surface area contributed by atoms with Crippen molar-refractivity contribution in [3.05, 3.63) is 95.6 Å². The van der Waals surface area contributed by atoms with Gasteiger partial charge in [0.1, 0.15) is 0 Å². The molecule has 0 saturated heterocycles. The van der Waals surface area contributed by atoms with E-state index >= 15 is 0 Å². The number of anilines is 1. The molecule has 0 saturated carbocycles. The van der Waals surface area contributed by atoms with Gasteiger partial charge in [0.05, 0.1) is 14.2 Å². The Kier molecular flexibility index (Phi) is 6.47. The Bertz CT molecular complexity index is 965. The van der Waals surface area contributed by atoms with Crippen LogP contribution in [0.3, 0.4) is 0 Å². The molecule has 0 aliphatic heterocycles. The number of carbonyl (C=O) groups is 1. The van der Waals surface area contributed by atoms with Gasteiger partial charge in [-0.25, -0.2) is 0 Å². The van der Waals surface area contributed by atoms with Crippen molar-refractivity contribution < 1.29 is 14.3 Å². The van der Waals surface area contributed by atoms with Gasteiger partial charge in [0.25, 0.3) is 0 Å². The van der Waals surface area contributed by atoms with Crippen LogP contribution >= 0.6 is 0 Å². The van der Waals surface area contributed by atoms with Crippen molar-refractivity contribution in [2.24, 2.45) is 0 Å². The average molecular weight is 373 g/mol. The monoisotopic (exact) mass is 373 g/mol. The van der Waals surface area contributed by atoms with Crippen molar-refractivity contribution in [3.8, 4) is 11.5 Å². The van der Waals surface area contributed by atoms with Crippen LogP contribution in [0.5, 0.6) is 11.5 Å². The summed E-state index contributed by atoms with van der Waals surface area (Å²) in [7, 11) is 3.16. The lowest BCUT2D eigenvalue weighted by atomic mass is 10.0. The zero-order valence-corrected chi connectivity index (χ0v) is 16.0. The molecule has 0 unspecified atom stereocenters. The third-order valence-electron chi connectivity index (χ3n) is 4.36. The summed E-state index contributed by atoms with van der Waals surface area (Å²) in [4.78, 5) is 12.5. The highest BCUT2D eigenvalue weighted by atomic mass is 16.5. The number of rotatable bonds is 7. The van der Waals surface area contributed by atoms with E-state index in [-0.39, 0.29) is 5.91 Å². The maximum atomic E-state index is 12.5. The molecule has 0 heterocycles. The van der Waals surface area contributed by atoms with Gasteiger partial charge in [-0.3, -0.25) is 4.79 Å².